The monoisotopic (exact) mass is 347 g/mol. The highest BCUT2D eigenvalue weighted by Gasteiger charge is 2.24. The Kier molecular flexibility index (Phi) is 5.89. The highest BCUT2D eigenvalue weighted by Crippen LogP contribution is 2.23. The largest absolute Gasteiger partial charge is 0.392 e. The first kappa shape index (κ1) is 19.1. The lowest BCUT2D eigenvalue weighted by Crippen LogP contribution is -2.31. The van der Waals surface area contributed by atoms with Crippen molar-refractivity contribution in [2.45, 2.75) is 46.1 Å². The number of nitrogens with zero attached hydrogens (tertiary/aromatic N) is 4. The lowest BCUT2D eigenvalue weighted by atomic mass is 9.87. The third-order valence-electron chi connectivity index (χ3n) is 4.13. The van der Waals surface area contributed by atoms with Crippen molar-refractivity contribution in [3.8, 4) is 0 Å². The van der Waals surface area contributed by atoms with Crippen molar-refractivity contribution in [3.05, 3.63) is 30.5 Å². The van der Waals surface area contributed by atoms with Gasteiger partial charge in [-0.05, 0) is 24.0 Å². The van der Waals surface area contributed by atoms with Crippen LogP contribution in [0.25, 0.3) is 5.83 Å². The van der Waals surface area contributed by atoms with Gasteiger partial charge in [0.1, 0.15) is 23.3 Å². The summed E-state index contributed by atoms with van der Waals surface area (Å²) < 4.78 is 13.1. The minimum Gasteiger partial charge on any atom is -0.392 e. The molecule has 0 aliphatic carbocycles. The van der Waals surface area contributed by atoms with Crippen molar-refractivity contribution in [3.63, 3.8) is 0 Å². The molecule has 1 aromatic rings. The molecule has 2 heterocycles. The summed E-state index contributed by atoms with van der Waals surface area (Å²) in [4.78, 5) is 6.20. The number of aliphatic hydroxyl groups excluding tert-OH is 1. The fourth-order valence-electron chi connectivity index (χ4n) is 2.38. The van der Waals surface area contributed by atoms with Crippen LogP contribution in [0.2, 0.25) is 0 Å². The Morgan fingerprint density at radius 3 is 2.76 bits per heavy atom. The van der Waals surface area contributed by atoms with E-state index in [2.05, 4.69) is 21.8 Å². The van der Waals surface area contributed by atoms with E-state index in [1.165, 1.54) is 6.20 Å². The zero-order valence-corrected chi connectivity index (χ0v) is 15.0. The summed E-state index contributed by atoms with van der Waals surface area (Å²) in [6, 6.07) is 3.37. The Bertz CT molecular complexity index is 676. The van der Waals surface area contributed by atoms with Crippen molar-refractivity contribution in [1.82, 2.24) is 4.98 Å². The topological polar surface area (TPSA) is 87.1 Å². The zero-order valence-electron chi connectivity index (χ0n) is 15.0. The summed E-state index contributed by atoms with van der Waals surface area (Å²) in [7, 11) is 0. The molecule has 1 aliphatic heterocycles. The molecular formula is C18H26FN5O. The zero-order chi connectivity index (χ0) is 18.6. The predicted octanol–water partition coefficient (Wildman–Crippen LogP) is 3.09. The number of anilines is 1. The molecule has 1 atom stereocenters. The molecule has 136 valence electrons. The van der Waals surface area contributed by atoms with Crippen LogP contribution in [0.3, 0.4) is 0 Å². The summed E-state index contributed by atoms with van der Waals surface area (Å²) in [5.74, 6) is 1.22. The molecule has 1 aliphatic rings. The number of pyridine rings is 1. The van der Waals surface area contributed by atoms with Gasteiger partial charge in [0.15, 0.2) is 0 Å². The Hall–Kier alpha value is -2.28. The third kappa shape index (κ3) is 5.09. The quantitative estimate of drug-likeness (QED) is 0.487. The molecular weight excluding hydrogens is 321 g/mol. The minimum atomic E-state index is -0.584. The Balaban J connectivity index is 2.11. The first-order valence-corrected chi connectivity index (χ1v) is 8.34. The molecule has 1 saturated heterocycles. The van der Waals surface area contributed by atoms with Crippen LogP contribution in [0.4, 0.5) is 10.2 Å². The Labute approximate surface area is 148 Å². The molecule has 0 saturated carbocycles. The highest BCUT2D eigenvalue weighted by atomic mass is 19.1. The second-order valence-corrected chi connectivity index (χ2v) is 7.26. The average molecular weight is 347 g/mol. The van der Waals surface area contributed by atoms with E-state index in [0.717, 1.165) is 25.2 Å². The van der Waals surface area contributed by atoms with Gasteiger partial charge in [-0.15, -0.1) is 10.2 Å². The molecule has 2 rings (SSSR count). The summed E-state index contributed by atoms with van der Waals surface area (Å²) in [6.07, 6.45) is 2.83. The second kappa shape index (κ2) is 7.74. The molecule has 1 aromatic heterocycles. The molecule has 0 radical (unpaired) electrons. The number of aromatic nitrogens is 1. The van der Waals surface area contributed by atoms with Crippen molar-refractivity contribution in [2.75, 3.05) is 11.4 Å². The van der Waals surface area contributed by atoms with Crippen LogP contribution >= 0.6 is 0 Å². The molecule has 0 aromatic carbocycles. The first-order chi connectivity index (χ1) is 11.7. The maximum Gasteiger partial charge on any atom is 0.133 e. The van der Waals surface area contributed by atoms with Crippen molar-refractivity contribution in [1.29, 1.82) is 0 Å². The molecule has 0 amide bonds. The van der Waals surface area contributed by atoms with Crippen molar-refractivity contribution in [2.24, 2.45) is 21.4 Å². The Morgan fingerprint density at radius 2 is 2.20 bits per heavy atom. The van der Waals surface area contributed by atoms with Crippen LogP contribution in [-0.2, 0) is 0 Å². The first-order valence-electron chi connectivity index (χ1n) is 8.34. The van der Waals surface area contributed by atoms with E-state index in [4.69, 9.17) is 5.73 Å². The van der Waals surface area contributed by atoms with E-state index < -0.39 is 11.9 Å². The minimum absolute atomic E-state index is 0.265. The molecule has 6 nitrogen and oxygen atoms in total. The number of halogens is 1. The van der Waals surface area contributed by atoms with Crippen molar-refractivity contribution >= 4 is 23.3 Å². The average Bonchev–Trinajstić information content (AvgIpc) is 3.00. The molecule has 0 bridgehead atoms. The summed E-state index contributed by atoms with van der Waals surface area (Å²) in [6.45, 7) is 9.85. The van der Waals surface area contributed by atoms with Crippen LogP contribution in [0.15, 0.2) is 35.1 Å². The fourth-order valence-corrected chi connectivity index (χ4v) is 2.38. The van der Waals surface area contributed by atoms with Gasteiger partial charge in [-0.2, -0.15) is 0 Å². The number of amidine groups is 2. The van der Waals surface area contributed by atoms with E-state index in [-0.39, 0.29) is 11.8 Å². The molecule has 1 fully saturated rings. The van der Waals surface area contributed by atoms with Crippen LogP contribution in [0.5, 0.6) is 0 Å². The molecule has 3 N–H and O–H groups in total. The third-order valence-corrected chi connectivity index (χ3v) is 4.13. The number of hydrogen-bond acceptors (Lipinski definition) is 4. The predicted molar refractivity (Wildman–Crippen MR) is 100 cm³/mol. The van der Waals surface area contributed by atoms with Crippen LogP contribution in [0, 0.1) is 5.41 Å². The van der Waals surface area contributed by atoms with Gasteiger partial charge in [0.2, 0.25) is 0 Å². The van der Waals surface area contributed by atoms with Gasteiger partial charge in [0.25, 0.3) is 0 Å². The van der Waals surface area contributed by atoms with E-state index >= 15 is 0 Å². The van der Waals surface area contributed by atoms with Crippen LogP contribution in [-0.4, -0.2) is 34.4 Å². The van der Waals surface area contributed by atoms with E-state index in [1.807, 2.05) is 25.7 Å². The van der Waals surface area contributed by atoms with E-state index in [9.17, 15) is 9.50 Å². The smallest absolute Gasteiger partial charge is 0.133 e. The van der Waals surface area contributed by atoms with E-state index in [1.54, 1.807) is 12.1 Å². The van der Waals surface area contributed by atoms with Gasteiger partial charge in [0, 0.05) is 31.1 Å². The molecule has 25 heavy (non-hydrogen) atoms. The second-order valence-electron chi connectivity index (χ2n) is 7.26. The standard InChI is InChI=1S/C18H26FN5O/c1-12(19)13-7-8-16(21-11-13)24-9-5-6-17(24)23-22-15(20)10-14(25)18(2,3)4/h7-8,11,14,25H,1,5-6,9-10H2,2-4H3,(H2,20,22)/b23-17-. The summed E-state index contributed by atoms with van der Waals surface area (Å²) >= 11 is 0. The van der Waals surface area contributed by atoms with Gasteiger partial charge in [-0.25, -0.2) is 9.37 Å². The lowest BCUT2D eigenvalue weighted by Gasteiger charge is -2.25. The summed E-state index contributed by atoms with van der Waals surface area (Å²) in [5, 5.41) is 18.4. The van der Waals surface area contributed by atoms with Gasteiger partial charge in [-0.1, -0.05) is 27.4 Å². The molecule has 0 spiro atoms. The van der Waals surface area contributed by atoms with Gasteiger partial charge in [-0.3, -0.25) is 0 Å². The fraction of sp³-hybridized carbons (Fsp3) is 0.500. The summed E-state index contributed by atoms with van der Waals surface area (Å²) in [5.41, 5.74) is 5.98. The molecule has 1 unspecified atom stereocenters. The van der Waals surface area contributed by atoms with Gasteiger partial charge >= 0.3 is 0 Å². The number of aliphatic hydroxyl groups is 1. The maximum atomic E-state index is 13.1. The highest BCUT2D eigenvalue weighted by molar-refractivity contribution is 5.99. The van der Waals surface area contributed by atoms with Gasteiger partial charge in [0.05, 0.1) is 6.10 Å². The lowest BCUT2D eigenvalue weighted by molar-refractivity contribution is 0.0694. The van der Waals surface area contributed by atoms with E-state index in [0.29, 0.717) is 17.2 Å². The SMILES string of the molecule is C=C(F)c1ccc(N2CCC/C2=N/N=C(N)CC(O)C(C)(C)C)nc1. The number of rotatable bonds is 5. The number of hydrogen-bond donors (Lipinski definition) is 2. The van der Waals surface area contributed by atoms with Crippen molar-refractivity contribution < 1.29 is 9.50 Å². The number of nitrogens with two attached hydrogens (primary N) is 1. The van der Waals surface area contributed by atoms with Gasteiger partial charge < -0.3 is 15.7 Å². The normalized spacial score (nSPS) is 18.7. The van der Waals surface area contributed by atoms with Crippen LogP contribution < -0.4 is 10.6 Å². The Morgan fingerprint density at radius 1 is 1.48 bits per heavy atom. The molecule has 7 heteroatoms. The maximum absolute atomic E-state index is 13.1. The van der Waals surface area contributed by atoms with Crippen LogP contribution in [0.1, 0.15) is 45.6 Å².